The normalized spacial score (nSPS) is 23.2. The Kier molecular flexibility index (Phi) is 7.10. The van der Waals surface area contributed by atoms with Crippen LogP contribution < -0.4 is 5.32 Å². The Morgan fingerprint density at radius 2 is 2.04 bits per heavy atom. The Morgan fingerprint density at radius 1 is 1.42 bits per heavy atom. The maximum atomic E-state index is 12.1. The highest BCUT2D eigenvalue weighted by Crippen LogP contribution is 2.31. The number of rotatable bonds is 6. The van der Waals surface area contributed by atoms with Crippen molar-refractivity contribution >= 4 is 28.9 Å². The lowest BCUT2D eigenvalue weighted by atomic mass is 10.00. The lowest BCUT2D eigenvalue weighted by Gasteiger charge is -2.26. The van der Waals surface area contributed by atoms with Gasteiger partial charge in [0.05, 0.1) is 23.4 Å². The second kappa shape index (κ2) is 8.20. The first-order valence-corrected chi connectivity index (χ1v) is 9.12. The molecular formula is C16H28N2O5S. The van der Waals surface area contributed by atoms with Crippen molar-refractivity contribution < 1.29 is 24.2 Å². The van der Waals surface area contributed by atoms with Gasteiger partial charge in [-0.15, -0.1) is 11.8 Å². The van der Waals surface area contributed by atoms with Gasteiger partial charge >= 0.3 is 12.1 Å². The molecule has 1 rings (SSSR count). The quantitative estimate of drug-likeness (QED) is 0.706. The van der Waals surface area contributed by atoms with Crippen LogP contribution in [-0.4, -0.2) is 51.9 Å². The molecule has 138 valence electrons. The molecule has 24 heavy (non-hydrogen) atoms. The van der Waals surface area contributed by atoms with Crippen molar-refractivity contribution in [1.29, 1.82) is 0 Å². The average molecular weight is 360 g/mol. The van der Waals surface area contributed by atoms with Gasteiger partial charge in [-0.25, -0.2) is 14.6 Å². The fourth-order valence-corrected chi connectivity index (χ4v) is 3.27. The first-order valence-electron chi connectivity index (χ1n) is 8.14. The summed E-state index contributed by atoms with van der Waals surface area (Å²) in [6, 6.07) is -0.432. The van der Waals surface area contributed by atoms with Crippen LogP contribution in [0.4, 0.5) is 4.79 Å². The van der Waals surface area contributed by atoms with Crippen LogP contribution in [0, 0.1) is 5.92 Å². The van der Waals surface area contributed by atoms with E-state index in [0.717, 1.165) is 6.42 Å². The first-order chi connectivity index (χ1) is 11.0. The van der Waals surface area contributed by atoms with Gasteiger partial charge in [0.2, 0.25) is 0 Å². The fraction of sp³-hybridized carbons (Fsp3) is 0.812. The second-order valence-corrected chi connectivity index (χ2v) is 7.78. The zero-order valence-electron chi connectivity index (χ0n) is 15.2. The van der Waals surface area contributed by atoms with Gasteiger partial charge in [-0.3, -0.25) is 0 Å². The maximum Gasteiger partial charge on any atom is 0.408 e. The largest absolute Gasteiger partial charge is 0.462 e. The summed E-state index contributed by atoms with van der Waals surface area (Å²) in [4.78, 5) is 28.1. The van der Waals surface area contributed by atoms with Gasteiger partial charge in [-0.2, -0.15) is 0 Å². The summed E-state index contributed by atoms with van der Waals surface area (Å²) < 4.78 is 10.2. The number of thioether (sulfide) groups is 1. The Morgan fingerprint density at radius 3 is 2.54 bits per heavy atom. The summed E-state index contributed by atoms with van der Waals surface area (Å²) in [5.74, 6) is -0.634. The minimum atomic E-state index is -1.89. The third-order valence-corrected chi connectivity index (χ3v) is 4.66. The fourth-order valence-electron chi connectivity index (χ4n) is 2.05. The number of ether oxygens (including phenoxy) is 2. The van der Waals surface area contributed by atoms with E-state index in [-0.39, 0.29) is 18.3 Å². The number of aliphatic imine (C=N–C) groups is 1. The van der Waals surface area contributed by atoms with E-state index in [1.807, 2.05) is 13.8 Å². The highest BCUT2D eigenvalue weighted by atomic mass is 32.2. The van der Waals surface area contributed by atoms with E-state index < -0.39 is 29.4 Å². The molecule has 2 N–H and O–H groups in total. The summed E-state index contributed by atoms with van der Waals surface area (Å²) in [6.07, 6.45) is 0.236. The molecule has 8 heteroatoms. The second-order valence-electron chi connectivity index (χ2n) is 6.79. The van der Waals surface area contributed by atoms with Crippen LogP contribution in [0.5, 0.6) is 0 Å². The van der Waals surface area contributed by atoms with Crippen molar-refractivity contribution in [3.8, 4) is 0 Å². The van der Waals surface area contributed by atoms with E-state index in [4.69, 9.17) is 9.47 Å². The predicted molar refractivity (Wildman–Crippen MR) is 94.1 cm³/mol. The van der Waals surface area contributed by atoms with Gasteiger partial charge in [-0.1, -0.05) is 20.3 Å². The van der Waals surface area contributed by atoms with E-state index in [9.17, 15) is 14.7 Å². The van der Waals surface area contributed by atoms with E-state index in [2.05, 4.69) is 10.3 Å². The SMILES string of the molecule is CCOC(=O)C1(O)CSC([C@@H](NC(=O)OC(C)(C)C)[C@@H](C)CC)=N1. The summed E-state index contributed by atoms with van der Waals surface area (Å²) in [5, 5.41) is 13.7. The number of alkyl carbamates (subject to hydrolysis) is 1. The van der Waals surface area contributed by atoms with E-state index in [1.54, 1.807) is 27.7 Å². The van der Waals surface area contributed by atoms with Crippen molar-refractivity contribution in [1.82, 2.24) is 5.32 Å². The number of hydrogen-bond acceptors (Lipinski definition) is 7. The molecule has 7 nitrogen and oxygen atoms in total. The minimum Gasteiger partial charge on any atom is -0.462 e. The Hall–Kier alpha value is -1.28. The molecule has 0 aromatic heterocycles. The molecule has 0 saturated carbocycles. The van der Waals surface area contributed by atoms with E-state index >= 15 is 0 Å². The highest BCUT2D eigenvalue weighted by Gasteiger charge is 2.45. The molecule has 1 unspecified atom stereocenters. The molecule has 0 radical (unpaired) electrons. The average Bonchev–Trinajstić information content (AvgIpc) is 2.86. The summed E-state index contributed by atoms with van der Waals surface area (Å²) in [6.45, 7) is 11.1. The maximum absolute atomic E-state index is 12.1. The molecule has 0 saturated heterocycles. The van der Waals surface area contributed by atoms with Crippen LogP contribution in [0.25, 0.3) is 0 Å². The van der Waals surface area contributed by atoms with E-state index in [1.165, 1.54) is 11.8 Å². The Labute approximate surface area is 147 Å². The Bertz CT molecular complexity index is 503. The zero-order valence-corrected chi connectivity index (χ0v) is 16.0. The van der Waals surface area contributed by atoms with Crippen molar-refractivity contribution in [2.45, 2.75) is 65.3 Å². The third-order valence-electron chi connectivity index (χ3n) is 3.47. The van der Waals surface area contributed by atoms with Crippen LogP contribution in [0.3, 0.4) is 0 Å². The molecular weight excluding hydrogens is 332 g/mol. The minimum absolute atomic E-state index is 0.0633. The number of aliphatic hydroxyl groups is 1. The molecule has 0 fully saturated rings. The van der Waals surface area contributed by atoms with Gasteiger partial charge in [0, 0.05) is 0 Å². The topological polar surface area (TPSA) is 97.2 Å². The Balaban J connectivity index is 2.93. The predicted octanol–water partition coefficient (Wildman–Crippen LogP) is 2.32. The highest BCUT2D eigenvalue weighted by molar-refractivity contribution is 8.14. The summed E-state index contributed by atoms with van der Waals surface area (Å²) in [7, 11) is 0. The summed E-state index contributed by atoms with van der Waals surface area (Å²) >= 11 is 1.24. The molecule has 0 spiro atoms. The molecule has 1 amide bonds. The number of hydrogen-bond donors (Lipinski definition) is 2. The lowest BCUT2D eigenvalue weighted by Crippen LogP contribution is -2.46. The number of carbonyl (C=O) groups is 2. The monoisotopic (exact) mass is 360 g/mol. The number of esters is 1. The molecule has 0 bridgehead atoms. The molecule has 1 aliphatic heterocycles. The lowest BCUT2D eigenvalue weighted by molar-refractivity contribution is -0.161. The van der Waals surface area contributed by atoms with Crippen molar-refractivity contribution in [2.24, 2.45) is 10.9 Å². The smallest absolute Gasteiger partial charge is 0.408 e. The third kappa shape index (κ3) is 5.66. The number of nitrogens with one attached hydrogen (secondary N) is 1. The van der Waals surface area contributed by atoms with Crippen molar-refractivity contribution in [2.75, 3.05) is 12.4 Å². The van der Waals surface area contributed by atoms with Crippen LogP contribution in [-0.2, 0) is 14.3 Å². The molecule has 1 heterocycles. The van der Waals surface area contributed by atoms with Crippen LogP contribution in [0.2, 0.25) is 0 Å². The number of amides is 1. The standard InChI is InChI=1S/C16H28N2O5S/c1-7-10(3)11(17-14(20)23-15(4,5)6)12-18-16(21,9-24-12)13(19)22-8-2/h10-11,21H,7-9H2,1-6H3,(H,17,20)/t10-,11-,16?/m0/s1. The van der Waals surface area contributed by atoms with Crippen LogP contribution >= 0.6 is 11.8 Å². The number of nitrogens with zero attached hydrogens (tertiary/aromatic N) is 1. The molecule has 0 aromatic rings. The van der Waals surface area contributed by atoms with Gasteiger partial charge < -0.3 is 19.9 Å². The van der Waals surface area contributed by atoms with Gasteiger partial charge in [-0.05, 0) is 33.6 Å². The molecule has 0 aromatic carbocycles. The van der Waals surface area contributed by atoms with Crippen molar-refractivity contribution in [3.05, 3.63) is 0 Å². The van der Waals surface area contributed by atoms with Crippen LogP contribution in [0.15, 0.2) is 4.99 Å². The van der Waals surface area contributed by atoms with Gasteiger partial charge in [0.15, 0.2) is 0 Å². The van der Waals surface area contributed by atoms with Gasteiger partial charge in [0.1, 0.15) is 5.60 Å². The first kappa shape index (κ1) is 20.8. The number of carbonyl (C=O) groups excluding carboxylic acids is 2. The molecule has 3 atom stereocenters. The van der Waals surface area contributed by atoms with E-state index in [0.29, 0.717) is 5.04 Å². The van der Waals surface area contributed by atoms with Crippen molar-refractivity contribution in [3.63, 3.8) is 0 Å². The van der Waals surface area contributed by atoms with Gasteiger partial charge in [0.25, 0.3) is 5.72 Å². The summed E-state index contributed by atoms with van der Waals surface area (Å²) in [5.41, 5.74) is -2.50. The zero-order chi connectivity index (χ0) is 18.5. The molecule has 0 aliphatic carbocycles. The molecule has 1 aliphatic rings. The van der Waals surface area contributed by atoms with Crippen LogP contribution in [0.1, 0.15) is 48.0 Å².